The number of aryl methyl sites for hydroxylation is 4. The van der Waals surface area contributed by atoms with Crippen LogP contribution < -0.4 is 9.62 Å². The van der Waals surface area contributed by atoms with Crippen LogP contribution in [0, 0.1) is 27.7 Å². The van der Waals surface area contributed by atoms with Crippen molar-refractivity contribution in [3.63, 3.8) is 0 Å². The van der Waals surface area contributed by atoms with Gasteiger partial charge in [-0.3, -0.25) is 9.10 Å². The summed E-state index contributed by atoms with van der Waals surface area (Å²) in [4.78, 5) is 13.2. The Labute approximate surface area is 201 Å². The molecule has 1 amide bonds. The number of sulfonamides is 1. The topological polar surface area (TPSA) is 66.5 Å². The van der Waals surface area contributed by atoms with Crippen LogP contribution >= 0.6 is 11.6 Å². The van der Waals surface area contributed by atoms with Crippen LogP contribution in [0.25, 0.3) is 0 Å². The molecule has 33 heavy (non-hydrogen) atoms. The van der Waals surface area contributed by atoms with Crippen molar-refractivity contribution in [1.29, 1.82) is 0 Å². The number of nitrogens with zero attached hydrogens (tertiary/aromatic N) is 1. The van der Waals surface area contributed by atoms with Crippen molar-refractivity contribution in [2.75, 3.05) is 10.8 Å². The number of rotatable bonds is 7. The standard InChI is InChI=1S/C26H29ClN2O3S/c1-17-6-11-23(12-7-17)33(31,32)29(25-15-22(27)10-9-19(25)3)16-26(30)28-21(5)24-13-8-18(2)14-20(24)4/h6-15,21H,16H2,1-5H3,(H,28,30). The number of carbonyl (C=O) groups excluding carboxylic acids is 1. The number of anilines is 1. The Morgan fingerprint density at radius 3 is 2.18 bits per heavy atom. The molecule has 0 heterocycles. The zero-order valence-corrected chi connectivity index (χ0v) is 21.1. The summed E-state index contributed by atoms with van der Waals surface area (Å²) in [6.07, 6.45) is 0. The molecule has 0 fully saturated rings. The molecule has 7 heteroatoms. The summed E-state index contributed by atoms with van der Waals surface area (Å²) >= 11 is 6.19. The molecule has 0 bridgehead atoms. The summed E-state index contributed by atoms with van der Waals surface area (Å²) < 4.78 is 28.3. The van der Waals surface area contributed by atoms with Crippen molar-refractivity contribution in [1.82, 2.24) is 5.32 Å². The number of carbonyl (C=O) groups is 1. The Morgan fingerprint density at radius 2 is 1.55 bits per heavy atom. The van der Waals surface area contributed by atoms with Gasteiger partial charge in [-0.25, -0.2) is 8.42 Å². The lowest BCUT2D eigenvalue weighted by Crippen LogP contribution is -2.42. The molecule has 3 aromatic carbocycles. The maximum absolute atomic E-state index is 13.6. The highest BCUT2D eigenvalue weighted by molar-refractivity contribution is 7.92. The summed E-state index contributed by atoms with van der Waals surface area (Å²) in [5.74, 6) is -0.405. The molecule has 0 saturated heterocycles. The molecular formula is C26H29ClN2O3S. The summed E-state index contributed by atoms with van der Waals surface area (Å²) in [6.45, 7) is 9.21. The Hall–Kier alpha value is -2.83. The van der Waals surface area contributed by atoms with Crippen LogP contribution in [0.5, 0.6) is 0 Å². The fraction of sp³-hybridized carbons (Fsp3) is 0.269. The van der Waals surface area contributed by atoms with Crippen molar-refractivity contribution in [2.45, 2.75) is 45.6 Å². The van der Waals surface area contributed by atoms with Crippen LogP contribution in [0.1, 0.15) is 40.8 Å². The van der Waals surface area contributed by atoms with E-state index < -0.39 is 15.9 Å². The SMILES string of the molecule is Cc1ccc(S(=O)(=O)N(CC(=O)NC(C)c2ccc(C)cc2C)c2cc(Cl)ccc2C)cc1. The summed E-state index contributed by atoms with van der Waals surface area (Å²) in [6, 6.07) is 17.3. The third kappa shape index (κ3) is 5.75. The lowest BCUT2D eigenvalue weighted by atomic mass is 10.0. The first-order valence-electron chi connectivity index (χ1n) is 10.7. The van der Waals surface area contributed by atoms with Gasteiger partial charge in [0.1, 0.15) is 6.54 Å². The zero-order valence-electron chi connectivity index (χ0n) is 19.5. The van der Waals surface area contributed by atoms with Gasteiger partial charge in [-0.05, 0) is 75.6 Å². The quantitative estimate of drug-likeness (QED) is 0.471. The average molecular weight is 485 g/mol. The van der Waals surface area contributed by atoms with Crippen LogP contribution in [0.3, 0.4) is 0 Å². The zero-order chi connectivity index (χ0) is 24.3. The highest BCUT2D eigenvalue weighted by Crippen LogP contribution is 2.30. The van der Waals surface area contributed by atoms with Gasteiger partial charge >= 0.3 is 0 Å². The summed E-state index contributed by atoms with van der Waals surface area (Å²) in [7, 11) is -4.01. The van der Waals surface area contributed by atoms with Gasteiger partial charge in [0.25, 0.3) is 10.0 Å². The van der Waals surface area contributed by atoms with Gasteiger partial charge in [0.2, 0.25) is 5.91 Å². The van der Waals surface area contributed by atoms with Gasteiger partial charge in [0.05, 0.1) is 16.6 Å². The molecule has 0 saturated carbocycles. The molecule has 1 N–H and O–H groups in total. The highest BCUT2D eigenvalue weighted by Gasteiger charge is 2.29. The Balaban J connectivity index is 1.95. The molecule has 0 aliphatic rings. The molecule has 174 valence electrons. The second-order valence-electron chi connectivity index (χ2n) is 8.40. The number of hydrogen-bond acceptors (Lipinski definition) is 3. The first-order chi connectivity index (χ1) is 15.5. The fourth-order valence-electron chi connectivity index (χ4n) is 3.80. The van der Waals surface area contributed by atoms with Gasteiger partial charge in [0.15, 0.2) is 0 Å². The van der Waals surface area contributed by atoms with E-state index in [-0.39, 0.29) is 17.5 Å². The number of nitrogens with one attached hydrogen (secondary N) is 1. The van der Waals surface area contributed by atoms with Gasteiger partial charge in [-0.1, -0.05) is 59.1 Å². The molecule has 0 spiro atoms. The summed E-state index contributed by atoms with van der Waals surface area (Å²) in [5.41, 5.74) is 5.21. The van der Waals surface area contributed by atoms with Crippen molar-refractivity contribution in [3.05, 3.63) is 93.5 Å². The number of benzene rings is 3. The minimum Gasteiger partial charge on any atom is -0.348 e. The predicted octanol–water partition coefficient (Wildman–Crippen LogP) is 5.65. The van der Waals surface area contributed by atoms with E-state index in [1.165, 1.54) is 0 Å². The number of hydrogen-bond donors (Lipinski definition) is 1. The van der Waals surface area contributed by atoms with Gasteiger partial charge in [0, 0.05) is 5.02 Å². The maximum atomic E-state index is 13.6. The maximum Gasteiger partial charge on any atom is 0.264 e. The van der Waals surface area contributed by atoms with E-state index in [4.69, 9.17) is 11.6 Å². The van der Waals surface area contributed by atoms with Crippen LogP contribution in [-0.4, -0.2) is 20.9 Å². The van der Waals surface area contributed by atoms with E-state index in [1.807, 2.05) is 39.8 Å². The van der Waals surface area contributed by atoms with Gasteiger partial charge in [-0.2, -0.15) is 0 Å². The van der Waals surface area contributed by atoms with E-state index in [0.717, 1.165) is 26.6 Å². The second-order valence-corrected chi connectivity index (χ2v) is 10.7. The highest BCUT2D eigenvalue weighted by atomic mass is 35.5. The van der Waals surface area contributed by atoms with Crippen LogP contribution in [0.4, 0.5) is 5.69 Å². The Kier molecular flexibility index (Phi) is 7.50. The molecule has 3 rings (SSSR count). The molecule has 0 radical (unpaired) electrons. The van der Waals surface area contributed by atoms with Crippen LogP contribution in [0.2, 0.25) is 5.02 Å². The van der Waals surface area contributed by atoms with Gasteiger partial charge in [-0.15, -0.1) is 0 Å². The van der Waals surface area contributed by atoms with E-state index in [0.29, 0.717) is 16.3 Å². The Morgan fingerprint density at radius 1 is 0.909 bits per heavy atom. The minimum absolute atomic E-state index is 0.114. The molecule has 1 unspecified atom stereocenters. The van der Waals surface area contributed by atoms with E-state index >= 15 is 0 Å². The number of halogens is 1. The predicted molar refractivity (Wildman–Crippen MR) is 134 cm³/mol. The third-order valence-electron chi connectivity index (χ3n) is 5.61. The lowest BCUT2D eigenvalue weighted by Gasteiger charge is -2.27. The normalized spacial score (nSPS) is 12.3. The molecule has 0 aromatic heterocycles. The minimum atomic E-state index is -4.01. The molecule has 3 aromatic rings. The molecule has 5 nitrogen and oxygen atoms in total. The van der Waals surface area contributed by atoms with Crippen LogP contribution in [-0.2, 0) is 14.8 Å². The second kappa shape index (κ2) is 9.98. The van der Waals surface area contributed by atoms with Crippen molar-refractivity contribution >= 4 is 33.2 Å². The molecular weight excluding hydrogens is 456 g/mol. The fourth-order valence-corrected chi connectivity index (χ4v) is 5.44. The first kappa shape index (κ1) is 24.8. The third-order valence-corrected chi connectivity index (χ3v) is 7.61. The Bertz CT molecular complexity index is 1270. The van der Waals surface area contributed by atoms with Crippen LogP contribution in [0.15, 0.2) is 65.6 Å². The monoisotopic (exact) mass is 484 g/mol. The number of amides is 1. The summed E-state index contributed by atoms with van der Waals surface area (Å²) in [5, 5.41) is 3.34. The average Bonchev–Trinajstić information content (AvgIpc) is 2.74. The van der Waals surface area contributed by atoms with Gasteiger partial charge < -0.3 is 5.32 Å². The lowest BCUT2D eigenvalue weighted by molar-refractivity contribution is -0.120. The molecule has 1 atom stereocenters. The van der Waals surface area contributed by atoms with E-state index in [9.17, 15) is 13.2 Å². The molecule has 0 aliphatic heterocycles. The van der Waals surface area contributed by atoms with E-state index in [2.05, 4.69) is 11.4 Å². The van der Waals surface area contributed by atoms with Crippen molar-refractivity contribution in [2.24, 2.45) is 0 Å². The van der Waals surface area contributed by atoms with Crippen molar-refractivity contribution < 1.29 is 13.2 Å². The largest absolute Gasteiger partial charge is 0.348 e. The molecule has 0 aliphatic carbocycles. The smallest absolute Gasteiger partial charge is 0.264 e. The first-order valence-corrected chi connectivity index (χ1v) is 12.5. The van der Waals surface area contributed by atoms with E-state index in [1.54, 1.807) is 49.4 Å². The van der Waals surface area contributed by atoms with Crippen molar-refractivity contribution in [3.8, 4) is 0 Å².